The predicted octanol–water partition coefficient (Wildman–Crippen LogP) is 5.46. The van der Waals surface area contributed by atoms with E-state index in [1.807, 2.05) is 6.92 Å². The summed E-state index contributed by atoms with van der Waals surface area (Å²) in [6, 6.07) is 11.9. The summed E-state index contributed by atoms with van der Waals surface area (Å²) in [5.74, 6) is 0.301. The van der Waals surface area contributed by atoms with Crippen LogP contribution in [0.15, 0.2) is 60.7 Å². The molecule has 0 radical (unpaired) electrons. The van der Waals surface area contributed by atoms with Crippen molar-refractivity contribution in [2.75, 3.05) is 49.5 Å². The van der Waals surface area contributed by atoms with Gasteiger partial charge in [-0.15, -0.1) is 0 Å². The molecule has 0 saturated carbocycles. The minimum Gasteiger partial charge on any atom is -0.485 e. The first-order valence-corrected chi connectivity index (χ1v) is 14.7. The molecule has 2 aliphatic heterocycles. The molecule has 12 nitrogen and oxygen atoms in total. The Morgan fingerprint density at radius 1 is 1.02 bits per heavy atom. The molecule has 15 heteroatoms. The van der Waals surface area contributed by atoms with Crippen LogP contribution in [0.3, 0.4) is 0 Å². The number of hydrogen-bond donors (Lipinski definition) is 4. The summed E-state index contributed by atoms with van der Waals surface area (Å²) in [6.07, 6.45) is -5.23. The molecular formula is C32H34F3N5O7. The number of urea groups is 2. The topological polar surface area (TPSA) is 142 Å². The summed E-state index contributed by atoms with van der Waals surface area (Å²) in [5, 5.41) is 17.9. The highest BCUT2D eigenvalue weighted by atomic mass is 19.4. The van der Waals surface area contributed by atoms with E-state index in [9.17, 15) is 32.7 Å². The smallest absolute Gasteiger partial charge is 0.416 e. The van der Waals surface area contributed by atoms with Crippen LogP contribution in [-0.2, 0) is 6.18 Å². The van der Waals surface area contributed by atoms with E-state index in [0.29, 0.717) is 17.2 Å². The van der Waals surface area contributed by atoms with Gasteiger partial charge in [0.05, 0.1) is 36.0 Å². The number of halogens is 3. The second-order valence-electron chi connectivity index (χ2n) is 11.3. The zero-order valence-corrected chi connectivity index (χ0v) is 25.8. The number of para-hydroxylation sites is 1. The van der Waals surface area contributed by atoms with Crippen LogP contribution in [0.1, 0.15) is 29.8 Å². The van der Waals surface area contributed by atoms with Crippen LogP contribution in [0.25, 0.3) is 0 Å². The minimum absolute atomic E-state index is 0.000336. The zero-order chi connectivity index (χ0) is 33.9. The average Bonchev–Trinajstić information content (AvgIpc) is 3.50. The third-order valence-electron chi connectivity index (χ3n) is 7.83. The van der Waals surface area contributed by atoms with Crippen molar-refractivity contribution in [2.24, 2.45) is 5.92 Å². The maximum absolute atomic E-state index is 13.7. The second kappa shape index (κ2) is 13.7. The van der Waals surface area contributed by atoms with Crippen LogP contribution in [0.4, 0.5) is 39.8 Å². The van der Waals surface area contributed by atoms with E-state index < -0.39 is 41.9 Å². The Kier molecular flexibility index (Phi) is 9.65. The number of amides is 5. The third-order valence-corrected chi connectivity index (χ3v) is 7.83. The van der Waals surface area contributed by atoms with E-state index in [-0.39, 0.29) is 55.1 Å². The van der Waals surface area contributed by atoms with Crippen molar-refractivity contribution in [3.05, 3.63) is 71.8 Å². The fourth-order valence-corrected chi connectivity index (χ4v) is 5.13. The van der Waals surface area contributed by atoms with Crippen molar-refractivity contribution < 1.29 is 46.9 Å². The molecule has 0 aromatic heterocycles. The number of ether oxygens (including phenoxy) is 3. The van der Waals surface area contributed by atoms with Crippen molar-refractivity contribution in [3.63, 3.8) is 0 Å². The normalized spacial score (nSPS) is 17.9. The summed E-state index contributed by atoms with van der Waals surface area (Å²) >= 11 is 0. The van der Waals surface area contributed by atoms with Gasteiger partial charge >= 0.3 is 18.2 Å². The van der Waals surface area contributed by atoms with E-state index >= 15 is 0 Å². The van der Waals surface area contributed by atoms with Gasteiger partial charge in [0.1, 0.15) is 6.10 Å². The molecule has 2 heterocycles. The number of rotatable bonds is 7. The number of carbonyl (C=O) groups excluding carboxylic acids is 3. The molecule has 250 valence electrons. The predicted molar refractivity (Wildman–Crippen MR) is 166 cm³/mol. The van der Waals surface area contributed by atoms with Crippen LogP contribution < -0.4 is 30.2 Å². The Labute approximate surface area is 268 Å². The molecule has 0 saturated heterocycles. The summed E-state index contributed by atoms with van der Waals surface area (Å²) < 4.78 is 55.9. The van der Waals surface area contributed by atoms with E-state index in [4.69, 9.17) is 14.2 Å². The van der Waals surface area contributed by atoms with Gasteiger partial charge in [0.25, 0.3) is 5.91 Å². The average molecular weight is 658 g/mol. The van der Waals surface area contributed by atoms with Gasteiger partial charge in [-0.3, -0.25) is 4.79 Å². The SMILES string of the molecule is C[C@@H]1CN([C@H](C)CO)C(=O)c2cccc(NC(=O)Nc3ccc4c(c3)OCO4)c2O[C@H]1CN(C)C(=O)Nc1ccc(C(F)(F)F)cc1. The zero-order valence-electron chi connectivity index (χ0n) is 25.8. The van der Waals surface area contributed by atoms with E-state index in [1.165, 1.54) is 16.8 Å². The fourth-order valence-electron chi connectivity index (χ4n) is 5.13. The Bertz CT molecular complexity index is 1640. The number of hydrogen-bond acceptors (Lipinski definition) is 7. The first kappa shape index (κ1) is 33.2. The second-order valence-corrected chi connectivity index (χ2v) is 11.3. The van der Waals surface area contributed by atoms with Crippen molar-refractivity contribution in [3.8, 4) is 17.2 Å². The number of benzene rings is 3. The maximum atomic E-state index is 13.7. The molecule has 4 N–H and O–H groups in total. The van der Waals surface area contributed by atoms with Crippen LogP contribution in [0.5, 0.6) is 17.2 Å². The molecular weight excluding hydrogens is 623 g/mol. The lowest BCUT2D eigenvalue weighted by atomic mass is 9.99. The molecule has 3 aromatic rings. The van der Waals surface area contributed by atoms with Crippen molar-refractivity contribution in [1.29, 1.82) is 0 Å². The Hall–Kier alpha value is -5.18. The number of alkyl halides is 3. The van der Waals surface area contributed by atoms with Crippen molar-refractivity contribution in [2.45, 2.75) is 32.2 Å². The summed E-state index contributed by atoms with van der Waals surface area (Å²) in [4.78, 5) is 42.7. The number of aliphatic hydroxyl groups excluding tert-OH is 1. The number of nitrogens with one attached hydrogen (secondary N) is 3. The highest BCUT2D eigenvalue weighted by Crippen LogP contribution is 2.37. The third kappa shape index (κ3) is 7.62. The maximum Gasteiger partial charge on any atom is 0.416 e. The molecule has 0 fully saturated rings. The first-order valence-electron chi connectivity index (χ1n) is 14.7. The van der Waals surface area contributed by atoms with Gasteiger partial charge in [-0.2, -0.15) is 13.2 Å². The van der Waals surface area contributed by atoms with Gasteiger partial charge in [0, 0.05) is 37.0 Å². The van der Waals surface area contributed by atoms with E-state index in [2.05, 4.69) is 16.0 Å². The number of aliphatic hydroxyl groups is 1. The number of carbonyl (C=O) groups is 3. The lowest BCUT2D eigenvalue weighted by molar-refractivity contribution is -0.137. The van der Waals surface area contributed by atoms with Crippen LogP contribution in [-0.4, -0.2) is 78.6 Å². The van der Waals surface area contributed by atoms with Gasteiger partial charge in [-0.05, 0) is 55.5 Å². The van der Waals surface area contributed by atoms with Crippen molar-refractivity contribution in [1.82, 2.24) is 9.80 Å². The van der Waals surface area contributed by atoms with Gasteiger partial charge in [-0.1, -0.05) is 13.0 Å². The van der Waals surface area contributed by atoms with Gasteiger partial charge in [-0.25, -0.2) is 9.59 Å². The molecule has 47 heavy (non-hydrogen) atoms. The number of nitrogens with zero attached hydrogens (tertiary/aromatic N) is 2. The van der Waals surface area contributed by atoms with Gasteiger partial charge in [0.15, 0.2) is 17.2 Å². The highest BCUT2D eigenvalue weighted by molar-refractivity contribution is 6.04. The Morgan fingerprint density at radius 2 is 1.72 bits per heavy atom. The molecule has 5 amide bonds. The van der Waals surface area contributed by atoms with Crippen molar-refractivity contribution >= 4 is 35.0 Å². The van der Waals surface area contributed by atoms with Gasteiger partial charge < -0.3 is 45.1 Å². The quantitative estimate of drug-likeness (QED) is 0.264. The monoisotopic (exact) mass is 657 g/mol. The lowest BCUT2D eigenvalue weighted by Crippen LogP contribution is -2.50. The molecule has 0 bridgehead atoms. The molecule has 0 spiro atoms. The molecule has 0 aliphatic carbocycles. The highest BCUT2D eigenvalue weighted by Gasteiger charge is 2.35. The first-order chi connectivity index (χ1) is 22.3. The molecule has 3 atom stereocenters. The minimum atomic E-state index is -4.51. The lowest BCUT2D eigenvalue weighted by Gasteiger charge is -2.38. The number of likely N-dealkylation sites (N-methyl/N-ethyl adjacent to an activating group) is 1. The summed E-state index contributed by atoms with van der Waals surface area (Å²) in [6.45, 7) is 3.48. The fraction of sp³-hybridized carbons (Fsp3) is 0.344. The summed E-state index contributed by atoms with van der Waals surface area (Å²) in [7, 11) is 1.50. The molecule has 0 unspecified atom stereocenters. The van der Waals surface area contributed by atoms with Crippen LogP contribution in [0.2, 0.25) is 0 Å². The standard InChI is InChI=1S/C32H34F3N5O7/c1-18-14-40(19(2)16-41)29(42)23-5-4-6-24(38-30(43)36-22-11-12-25-26(13-22)46-17-45-25)28(23)47-27(18)15-39(3)31(44)37-21-9-7-20(8-10-21)32(33,34)35/h4-13,18-19,27,41H,14-17H2,1-3H3,(H,37,44)(H2,36,38,43)/t18-,19-,27+/m1/s1. The number of fused-ring (bicyclic) bond motifs is 2. The van der Waals surface area contributed by atoms with E-state index in [0.717, 1.165) is 24.3 Å². The van der Waals surface area contributed by atoms with Crippen LogP contribution >= 0.6 is 0 Å². The van der Waals surface area contributed by atoms with Crippen LogP contribution in [0, 0.1) is 5.92 Å². The Morgan fingerprint density at radius 3 is 2.43 bits per heavy atom. The number of anilines is 3. The molecule has 3 aromatic carbocycles. The molecule has 2 aliphatic rings. The summed E-state index contributed by atoms with van der Waals surface area (Å²) in [5.41, 5.74) is 0.0732. The molecule has 5 rings (SSSR count). The van der Waals surface area contributed by atoms with E-state index in [1.54, 1.807) is 43.3 Å². The Balaban J connectivity index is 1.37. The largest absolute Gasteiger partial charge is 0.485 e. The van der Waals surface area contributed by atoms with Gasteiger partial charge in [0.2, 0.25) is 6.79 Å².